The fourth-order valence-corrected chi connectivity index (χ4v) is 2.54. The molecule has 3 N–H and O–H groups in total. The molecule has 0 bridgehead atoms. The quantitative estimate of drug-likeness (QED) is 0.405. The van der Waals surface area contributed by atoms with Gasteiger partial charge in [0.1, 0.15) is 0 Å². The molecule has 0 atom stereocenters. The van der Waals surface area contributed by atoms with Crippen LogP contribution in [0.2, 0.25) is 0 Å². The summed E-state index contributed by atoms with van der Waals surface area (Å²) in [6.07, 6.45) is 1.06. The minimum atomic E-state index is 0.510. The third-order valence-corrected chi connectivity index (χ3v) is 3.99. The van der Waals surface area contributed by atoms with Gasteiger partial charge < -0.3 is 20.5 Å². The third kappa shape index (κ3) is 7.29. The zero-order valence-electron chi connectivity index (χ0n) is 14.7. The number of nitrogens with two attached hydrogens (primary N) is 1. The molecule has 6 nitrogen and oxygen atoms in total. The molecule has 0 aliphatic carbocycles. The highest BCUT2D eigenvalue weighted by Crippen LogP contribution is 2.07. The highest BCUT2D eigenvalue weighted by Gasteiger charge is 2.08. The topological polar surface area (TPSA) is 72.1 Å². The Morgan fingerprint density at radius 2 is 1.96 bits per heavy atom. The summed E-state index contributed by atoms with van der Waals surface area (Å²) in [6.45, 7) is 9.67. The van der Waals surface area contributed by atoms with E-state index in [1.165, 1.54) is 5.56 Å². The van der Waals surface area contributed by atoms with Crippen LogP contribution in [0.15, 0.2) is 29.3 Å². The molecule has 1 fully saturated rings. The van der Waals surface area contributed by atoms with Gasteiger partial charge in [-0.2, -0.15) is 0 Å². The second-order valence-corrected chi connectivity index (χ2v) is 5.89. The van der Waals surface area contributed by atoms with Crippen LogP contribution in [0.5, 0.6) is 0 Å². The van der Waals surface area contributed by atoms with E-state index in [1.54, 1.807) is 0 Å². The van der Waals surface area contributed by atoms with Crippen molar-refractivity contribution in [1.29, 1.82) is 0 Å². The van der Waals surface area contributed by atoms with Crippen LogP contribution in [-0.4, -0.2) is 56.9 Å². The Kier molecular flexibility index (Phi) is 8.59. The number of nitrogens with zero attached hydrogens (tertiary/aromatic N) is 2. The Labute approximate surface area is 145 Å². The SMILES string of the molecule is CCOCc1ccc(CN=C(N)NCCCN2CCOCC2)cc1. The Morgan fingerprint density at radius 1 is 1.25 bits per heavy atom. The average Bonchev–Trinajstić information content (AvgIpc) is 2.63. The van der Waals surface area contributed by atoms with E-state index in [-0.39, 0.29) is 0 Å². The summed E-state index contributed by atoms with van der Waals surface area (Å²) in [5.41, 5.74) is 8.25. The Balaban J connectivity index is 1.62. The molecule has 1 saturated heterocycles. The fraction of sp³-hybridized carbons (Fsp3) is 0.611. The highest BCUT2D eigenvalue weighted by atomic mass is 16.5. The lowest BCUT2D eigenvalue weighted by atomic mass is 10.1. The molecule has 2 rings (SSSR count). The molecular formula is C18H30N4O2. The van der Waals surface area contributed by atoms with Gasteiger partial charge in [0.05, 0.1) is 26.4 Å². The zero-order valence-corrected chi connectivity index (χ0v) is 14.7. The number of guanidine groups is 1. The minimum absolute atomic E-state index is 0.510. The predicted octanol–water partition coefficient (Wildman–Crippen LogP) is 1.35. The Hall–Kier alpha value is -1.63. The van der Waals surface area contributed by atoms with Gasteiger partial charge in [0.2, 0.25) is 0 Å². The maximum atomic E-state index is 5.92. The van der Waals surface area contributed by atoms with E-state index < -0.39 is 0 Å². The molecule has 0 amide bonds. The van der Waals surface area contributed by atoms with Crippen molar-refractivity contribution in [2.24, 2.45) is 10.7 Å². The van der Waals surface area contributed by atoms with Crippen molar-refractivity contribution in [1.82, 2.24) is 10.2 Å². The molecule has 0 spiro atoms. The lowest BCUT2D eigenvalue weighted by Crippen LogP contribution is -2.39. The molecule has 0 saturated carbocycles. The van der Waals surface area contributed by atoms with E-state index in [2.05, 4.69) is 39.5 Å². The van der Waals surface area contributed by atoms with Crippen molar-refractivity contribution in [3.8, 4) is 0 Å². The Morgan fingerprint density at radius 3 is 2.67 bits per heavy atom. The van der Waals surface area contributed by atoms with E-state index in [4.69, 9.17) is 15.2 Å². The van der Waals surface area contributed by atoms with E-state index in [0.717, 1.165) is 58.0 Å². The standard InChI is InChI=1S/C18H30N4O2/c1-2-23-15-17-6-4-16(5-7-17)14-21-18(19)20-8-3-9-22-10-12-24-13-11-22/h4-7H,2-3,8-15H2,1H3,(H3,19,20,21). The normalized spacial score (nSPS) is 16.3. The van der Waals surface area contributed by atoms with Gasteiger partial charge in [-0.1, -0.05) is 24.3 Å². The molecule has 1 aromatic rings. The highest BCUT2D eigenvalue weighted by molar-refractivity contribution is 5.77. The van der Waals surface area contributed by atoms with Gasteiger partial charge in [-0.25, -0.2) is 4.99 Å². The van der Waals surface area contributed by atoms with Crippen molar-refractivity contribution in [3.05, 3.63) is 35.4 Å². The number of hydrogen-bond donors (Lipinski definition) is 2. The average molecular weight is 334 g/mol. The second kappa shape index (κ2) is 11.0. The van der Waals surface area contributed by atoms with Crippen molar-refractivity contribution < 1.29 is 9.47 Å². The first-order valence-corrected chi connectivity index (χ1v) is 8.77. The molecule has 6 heteroatoms. The summed E-state index contributed by atoms with van der Waals surface area (Å²) >= 11 is 0. The summed E-state index contributed by atoms with van der Waals surface area (Å²) < 4.78 is 10.7. The number of morpholine rings is 1. The first kappa shape index (κ1) is 18.7. The maximum absolute atomic E-state index is 5.92. The van der Waals surface area contributed by atoms with Crippen molar-refractivity contribution in [2.75, 3.05) is 46.0 Å². The van der Waals surface area contributed by atoms with Crippen LogP contribution in [0.4, 0.5) is 0 Å². The number of hydrogen-bond acceptors (Lipinski definition) is 4. The molecule has 24 heavy (non-hydrogen) atoms. The van der Waals surface area contributed by atoms with Crippen LogP contribution in [0.25, 0.3) is 0 Å². The third-order valence-electron chi connectivity index (χ3n) is 3.99. The van der Waals surface area contributed by atoms with E-state index in [0.29, 0.717) is 19.1 Å². The smallest absolute Gasteiger partial charge is 0.188 e. The number of benzene rings is 1. The summed E-state index contributed by atoms with van der Waals surface area (Å²) in [7, 11) is 0. The largest absolute Gasteiger partial charge is 0.379 e. The van der Waals surface area contributed by atoms with Crippen LogP contribution in [0.1, 0.15) is 24.5 Å². The minimum Gasteiger partial charge on any atom is -0.379 e. The van der Waals surface area contributed by atoms with Gasteiger partial charge in [0.25, 0.3) is 0 Å². The van der Waals surface area contributed by atoms with Gasteiger partial charge in [0.15, 0.2) is 5.96 Å². The number of rotatable bonds is 9. The Bertz CT molecular complexity index is 484. The first-order valence-electron chi connectivity index (χ1n) is 8.77. The maximum Gasteiger partial charge on any atom is 0.188 e. The van der Waals surface area contributed by atoms with Crippen LogP contribution < -0.4 is 11.1 Å². The van der Waals surface area contributed by atoms with Crippen LogP contribution in [-0.2, 0) is 22.6 Å². The molecular weight excluding hydrogens is 304 g/mol. The summed E-state index contributed by atoms with van der Waals surface area (Å²) in [6, 6.07) is 8.30. The van der Waals surface area contributed by atoms with Gasteiger partial charge in [-0.15, -0.1) is 0 Å². The molecule has 1 heterocycles. The lowest BCUT2D eigenvalue weighted by molar-refractivity contribution is 0.0376. The van der Waals surface area contributed by atoms with Gasteiger partial charge >= 0.3 is 0 Å². The van der Waals surface area contributed by atoms with Gasteiger partial charge in [0, 0.05) is 26.2 Å². The monoisotopic (exact) mass is 334 g/mol. The fourth-order valence-electron chi connectivity index (χ4n) is 2.54. The molecule has 0 aromatic heterocycles. The predicted molar refractivity (Wildman–Crippen MR) is 97.0 cm³/mol. The second-order valence-electron chi connectivity index (χ2n) is 5.89. The number of aliphatic imine (C=N–C) groups is 1. The molecule has 0 unspecified atom stereocenters. The molecule has 1 aliphatic heterocycles. The number of nitrogens with one attached hydrogen (secondary N) is 1. The van der Waals surface area contributed by atoms with E-state index >= 15 is 0 Å². The molecule has 134 valence electrons. The van der Waals surface area contributed by atoms with Crippen molar-refractivity contribution in [2.45, 2.75) is 26.5 Å². The van der Waals surface area contributed by atoms with Crippen LogP contribution in [0, 0.1) is 0 Å². The lowest BCUT2D eigenvalue weighted by Gasteiger charge is -2.26. The van der Waals surface area contributed by atoms with E-state index in [9.17, 15) is 0 Å². The zero-order chi connectivity index (χ0) is 17.0. The summed E-state index contributed by atoms with van der Waals surface area (Å²) in [5.74, 6) is 0.510. The van der Waals surface area contributed by atoms with Crippen molar-refractivity contribution in [3.63, 3.8) is 0 Å². The van der Waals surface area contributed by atoms with Crippen molar-refractivity contribution >= 4 is 5.96 Å². The molecule has 1 aliphatic rings. The van der Waals surface area contributed by atoms with Gasteiger partial charge in [-0.3, -0.25) is 4.90 Å². The molecule has 0 radical (unpaired) electrons. The first-order chi connectivity index (χ1) is 11.8. The van der Waals surface area contributed by atoms with Gasteiger partial charge in [-0.05, 0) is 31.0 Å². The summed E-state index contributed by atoms with van der Waals surface area (Å²) in [4.78, 5) is 6.81. The van der Waals surface area contributed by atoms with E-state index in [1.807, 2.05) is 6.92 Å². The number of ether oxygens (including phenoxy) is 2. The van der Waals surface area contributed by atoms with Crippen LogP contribution >= 0.6 is 0 Å². The molecule has 1 aromatic carbocycles. The van der Waals surface area contributed by atoms with Crippen LogP contribution in [0.3, 0.4) is 0 Å². The summed E-state index contributed by atoms with van der Waals surface area (Å²) in [5, 5.41) is 3.18.